The Morgan fingerprint density at radius 2 is 1.71 bits per heavy atom. The van der Waals surface area contributed by atoms with Crippen molar-refractivity contribution < 1.29 is 14.3 Å². The first-order chi connectivity index (χ1) is 10.1. The number of rotatable bonds is 5. The second-order valence-corrected chi connectivity index (χ2v) is 5.62. The Balaban J connectivity index is 2.02. The monoisotopic (exact) mass is 397 g/mol. The Morgan fingerprint density at radius 3 is 2.33 bits per heavy atom. The molecule has 1 amide bonds. The van der Waals surface area contributed by atoms with Crippen molar-refractivity contribution in [3.05, 3.63) is 57.2 Å². The van der Waals surface area contributed by atoms with Gasteiger partial charge in [0.15, 0.2) is 11.5 Å². The van der Waals surface area contributed by atoms with Gasteiger partial charge in [-0.2, -0.15) is 0 Å². The van der Waals surface area contributed by atoms with Crippen LogP contribution in [-0.4, -0.2) is 20.1 Å². The van der Waals surface area contributed by atoms with Gasteiger partial charge in [-0.3, -0.25) is 4.79 Å². The lowest BCUT2D eigenvalue weighted by Crippen LogP contribution is -2.22. The maximum atomic E-state index is 12.0. The summed E-state index contributed by atoms with van der Waals surface area (Å²) in [5.74, 6) is 1.23. The number of methoxy groups -OCH3 is 2. The normalized spacial score (nSPS) is 10.0. The molecule has 0 aromatic heterocycles. The van der Waals surface area contributed by atoms with E-state index in [0.717, 1.165) is 9.13 Å². The van der Waals surface area contributed by atoms with E-state index in [0.29, 0.717) is 23.6 Å². The number of ether oxygens (including phenoxy) is 2. The molecule has 0 unspecified atom stereocenters. The molecule has 2 aromatic carbocycles. The van der Waals surface area contributed by atoms with Crippen LogP contribution in [0.1, 0.15) is 15.9 Å². The maximum absolute atomic E-state index is 12.0. The van der Waals surface area contributed by atoms with Crippen LogP contribution in [0.25, 0.3) is 0 Å². The summed E-state index contributed by atoms with van der Waals surface area (Å²) in [7, 11) is 3.18. The van der Waals surface area contributed by atoms with Crippen LogP contribution in [0.4, 0.5) is 0 Å². The van der Waals surface area contributed by atoms with Crippen molar-refractivity contribution in [1.29, 1.82) is 0 Å². The quantitative estimate of drug-likeness (QED) is 0.789. The molecule has 0 aliphatic carbocycles. The minimum absolute atomic E-state index is 0.0961. The first-order valence-corrected chi connectivity index (χ1v) is 7.46. The third kappa shape index (κ3) is 4.10. The first-order valence-electron chi connectivity index (χ1n) is 6.38. The van der Waals surface area contributed by atoms with Gasteiger partial charge >= 0.3 is 0 Å². The molecule has 0 aliphatic rings. The van der Waals surface area contributed by atoms with Crippen LogP contribution in [0.5, 0.6) is 11.5 Å². The van der Waals surface area contributed by atoms with E-state index in [-0.39, 0.29) is 5.91 Å². The second kappa shape index (κ2) is 7.31. The average Bonchev–Trinajstić information content (AvgIpc) is 2.52. The molecule has 0 saturated carbocycles. The molecule has 0 spiro atoms. The number of amides is 1. The van der Waals surface area contributed by atoms with Crippen molar-refractivity contribution in [3.8, 4) is 11.5 Å². The molecular formula is C16H16INO3. The van der Waals surface area contributed by atoms with Crippen LogP contribution in [-0.2, 0) is 6.54 Å². The molecule has 0 saturated heterocycles. The molecule has 2 aromatic rings. The summed E-state index contributed by atoms with van der Waals surface area (Å²) in [5.41, 5.74) is 1.60. The summed E-state index contributed by atoms with van der Waals surface area (Å²) in [6, 6.07) is 13.0. The number of nitrogens with one attached hydrogen (secondary N) is 1. The van der Waals surface area contributed by atoms with E-state index in [4.69, 9.17) is 9.47 Å². The van der Waals surface area contributed by atoms with Gasteiger partial charge in [0.2, 0.25) is 0 Å². The lowest BCUT2D eigenvalue weighted by Gasteiger charge is -2.10. The highest BCUT2D eigenvalue weighted by Gasteiger charge is 2.07. The lowest BCUT2D eigenvalue weighted by atomic mass is 10.1. The molecule has 4 nitrogen and oxygen atoms in total. The molecule has 5 heteroatoms. The van der Waals surface area contributed by atoms with Crippen LogP contribution < -0.4 is 14.8 Å². The van der Waals surface area contributed by atoms with Gasteiger partial charge in [-0.25, -0.2) is 0 Å². The summed E-state index contributed by atoms with van der Waals surface area (Å²) in [6.07, 6.45) is 0. The Labute approximate surface area is 137 Å². The van der Waals surface area contributed by atoms with Gasteiger partial charge in [0, 0.05) is 15.7 Å². The molecule has 0 atom stereocenters. The SMILES string of the molecule is COc1ccc(CNC(=O)c2ccc(I)cc2)cc1OC. The number of halogens is 1. The fourth-order valence-corrected chi connectivity index (χ4v) is 2.24. The fourth-order valence-electron chi connectivity index (χ4n) is 1.88. The summed E-state index contributed by atoms with van der Waals surface area (Å²) in [5, 5.41) is 2.89. The highest BCUT2D eigenvalue weighted by atomic mass is 127. The van der Waals surface area contributed by atoms with Crippen molar-refractivity contribution in [2.24, 2.45) is 0 Å². The summed E-state index contributed by atoms with van der Waals surface area (Å²) in [6.45, 7) is 0.436. The van der Waals surface area contributed by atoms with E-state index < -0.39 is 0 Å². The predicted octanol–water partition coefficient (Wildman–Crippen LogP) is 3.24. The van der Waals surface area contributed by atoms with Crippen LogP contribution in [0.2, 0.25) is 0 Å². The zero-order chi connectivity index (χ0) is 15.2. The zero-order valence-electron chi connectivity index (χ0n) is 11.9. The van der Waals surface area contributed by atoms with E-state index in [1.165, 1.54) is 0 Å². The fraction of sp³-hybridized carbons (Fsp3) is 0.188. The third-order valence-corrected chi connectivity index (χ3v) is 3.73. The van der Waals surface area contributed by atoms with Crippen LogP contribution in [0, 0.1) is 3.57 Å². The molecule has 1 N–H and O–H groups in total. The Kier molecular flexibility index (Phi) is 5.44. The van der Waals surface area contributed by atoms with E-state index in [9.17, 15) is 4.79 Å². The minimum Gasteiger partial charge on any atom is -0.493 e. The predicted molar refractivity (Wildman–Crippen MR) is 89.9 cm³/mol. The van der Waals surface area contributed by atoms with Gasteiger partial charge in [0.05, 0.1) is 14.2 Å². The molecular weight excluding hydrogens is 381 g/mol. The van der Waals surface area contributed by atoms with Crippen molar-refractivity contribution >= 4 is 28.5 Å². The Bertz CT molecular complexity index is 626. The summed E-state index contributed by atoms with van der Waals surface area (Å²) in [4.78, 5) is 12.0. The van der Waals surface area contributed by atoms with Crippen molar-refractivity contribution in [3.63, 3.8) is 0 Å². The van der Waals surface area contributed by atoms with E-state index in [2.05, 4.69) is 27.9 Å². The molecule has 110 valence electrons. The third-order valence-electron chi connectivity index (χ3n) is 3.01. The highest BCUT2D eigenvalue weighted by molar-refractivity contribution is 14.1. The van der Waals surface area contributed by atoms with Crippen LogP contribution >= 0.6 is 22.6 Å². The Hall–Kier alpha value is -1.76. The van der Waals surface area contributed by atoms with E-state index in [1.807, 2.05) is 42.5 Å². The van der Waals surface area contributed by atoms with Gasteiger partial charge < -0.3 is 14.8 Å². The van der Waals surface area contributed by atoms with Crippen molar-refractivity contribution in [1.82, 2.24) is 5.32 Å². The number of hydrogen-bond acceptors (Lipinski definition) is 3. The molecule has 0 aliphatic heterocycles. The molecule has 0 heterocycles. The topological polar surface area (TPSA) is 47.6 Å². The van der Waals surface area contributed by atoms with Crippen molar-refractivity contribution in [2.75, 3.05) is 14.2 Å². The minimum atomic E-state index is -0.0961. The number of hydrogen-bond donors (Lipinski definition) is 1. The number of carbonyl (C=O) groups is 1. The highest BCUT2D eigenvalue weighted by Crippen LogP contribution is 2.27. The smallest absolute Gasteiger partial charge is 0.251 e. The van der Waals surface area contributed by atoms with Gasteiger partial charge in [0.25, 0.3) is 5.91 Å². The molecule has 0 bridgehead atoms. The average molecular weight is 397 g/mol. The van der Waals surface area contributed by atoms with Crippen molar-refractivity contribution in [2.45, 2.75) is 6.54 Å². The molecule has 0 radical (unpaired) electrons. The zero-order valence-corrected chi connectivity index (χ0v) is 14.0. The first kappa shape index (κ1) is 15.6. The van der Waals surface area contributed by atoms with Crippen LogP contribution in [0.3, 0.4) is 0 Å². The Morgan fingerprint density at radius 1 is 1.05 bits per heavy atom. The van der Waals surface area contributed by atoms with E-state index >= 15 is 0 Å². The summed E-state index contributed by atoms with van der Waals surface area (Å²) < 4.78 is 11.5. The lowest BCUT2D eigenvalue weighted by molar-refractivity contribution is 0.0951. The maximum Gasteiger partial charge on any atom is 0.251 e. The number of benzene rings is 2. The van der Waals surface area contributed by atoms with Crippen LogP contribution in [0.15, 0.2) is 42.5 Å². The molecule has 0 fully saturated rings. The standard InChI is InChI=1S/C16H16INO3/c1-20-14-8-3-11(9-15(14)21-2)10-18-16(19)12-4-6-13(17)7-5-12/h3-9H,10H2,1-2H3,(H,18,19). The molecule has 21 heavy (non-hydrogen) atoms. The van der Waals surface area contributed by atoms with Gasteiger partial charge in [0.1, 0.15) is 0 Å². The second-order valence-electron chi connectivity index (χ2n) is 4.38. The molecule has 2 rings (SSSR count). The van der Waals surface area contributed by atoms with Gasteiger partial charge in [-0.05, 0) is 64.6 Å². The number of carbonyl (C=O) groups excluding carboxylic acids is 1. The van der Waals surface area contributed by atoms with E-state index in [1.54, 1.807) is 14.2 Å². The largest absolute Gasteiger partial charge is 0.493 e. The van der Waals surface area contributed by atoms with Gasteiger partial charge in [-0.1, -0.05) is 6.07 Å². The van der Waals surface area contributed by atoms with Gasteiger partial charge in [-0.15, -0.1) is 0 Å². The summed E-state index contributed by atoms with van der Waals surface area (Å²) >= 11 is 2.21.